The van der Waals surface area contributed by atoms with Crippen molar-refractivity contribution in [2.75, 3.05) is 11.9 Å². The summed E-state index contributed by atoms with van der Waals surface area (Å²) >= 11 is 0. The van der Waals surface area contributed by atoms with Crippen LogP contribution in [-0.4, -0.2) is 24.3 Å². The Hall–Kier alpha value is -1.02. The van der Waals surface area contributed by atoms with Gasteiger partial charge in [0.15, 0.2) is 0 Å². The van der Waals surface area contributed by atoms with Gasteiger partial charge in [0.2, 0.25) is 0 Å². The van der Waals surface area contributed by atoms with E-state index in [4.69, 9.17) is 0 Å². The Kier molecular flexibility index (Phi) is 3.72. The lowest BCUT2D eigenvalue weighted by Gasteiger charge is -2.35. The van der Waals surface area contributed by atoms with Gasteiger partial charge in [0.1, 0.15) is 0 Å². The van der Waals surface area contributed by atoms with Crippen LogP contribution in [0.15, 0.2) is 18.2 Å². The molecule has 0 atom stereocenters. The molecule has 0 amide bonds. The average Bonchev–Trinajstić information content (AvgIpc) is 2.32. The highest BCUT2D eigenvalue weighted by Gasteiger charge is 2.23. The lowest BCUT2D eigenvalue weighted by molar-refractivity contribution is 0.122. The fraction of sp³-hybridized carbons (Fsp3) is 0.600. The van der Waals surface area contributed by atoms with E-state index in [1.165, 1.54) is 16.8 Å². The number of aliphatic hydroxyl groups excluding tert-OH is 1. The van der Waals surface area contributed by atoms with Crippen molar-refractivity contribution in [3.63, 3.8) is 0 Å². The first-order chi connectivity index (χ1) is 8.08. The van der Waals surface area contributed by atoms with Crippen molar-refractivity contribution < 1.29 is 5.11 Å². The maximum Gasteiger partial charge on any atom is 0.0541 e. The summed E-state index contributed by atoms with van der Waals surface area (Å²) in [5, 5.41) is 9.56. The molecular weight excluding hydrogens is 210 g/mol. The highest BCUT2D eigenvalue weighted by Crippen LogP contribution is 2.28. The topological polar surface area (TPSA) is 23.5 Å². The van der Waals surface area contributed by atoms with Gasteiger partial charge < -0.3 is 10.0 Å². The summed E-state index contributed by atoms with van der Waals surface area (Å²) in [6.45, 7) is 4.31. The molecule has 1 fully saturated rings. The summed E-state index contributed by atoms with van der Waals surface area (Å²) in [5.74, 6) is 0. The Balaban J connectivity index is 2.13. The van der Waals surface area contributed by atoms with E-state index in [1.807, 2.05) is 0 Å². The van der Waals surface area contributed by atoms with Crippen LogP contribution in [0, 0.1) is 13.8 Å². The molecule has 1 aromatic rings. The van der Waals surface area contributed by atoms with Crippen molar-refractivity contribution in [3.8, 4) is 0 Å². The van der Waals surface area contributed by atoms with E-state index in [9.17, 15) is 5.11 Å². The third-order valence-corrected chi connectivity index (χ3v) is 3.96. The number of aliphatic hydroxyl groups is 1. The molecule has 0 saturated heterocycles. The number of hydrogen-bond acceptors (Lipinski definition) is 2. The molecule has 0 bridgehead atoms. The van der Waals surface area contributed by atoms with E-state index in [0.717, 1.165) is 25.7 Å². The molecule has 2 heteroatoms. The maximum atomic E-state index is 9.56. The van der Waals surface area contributed by atoms with Crippen LogP contribution in [0.25, 0.3) is 0 Å². The Morgan fingerprint density at radius 2 is 1.76 bits per heavy atom. The van der Waals surface area contributed by atoms with Gasteiger partial charge in [0.05, 0.1) is 6.10 Å². The fourth-order valence-corrected chi connectivity index (χ4v) is 2.74. The zero-order chi connectivity index (χ0) is 12.4. The molecule has 94 valence electrons. The highest BCUT2D eigenvalue weighted by atomic mass is 16.3. The molecule has 1 aromatic carbocycles. The molecule has 1 aliphatic carbocycles. The van der Waals surface area contributed by atoms with E-state index in [-0.39, 0.29) is 6.10 Å². The van der Waals surface area contributed by atoms with E-state index < -0.39 is 0 Å². The monoisotopic (exact) mass is 233 g/mol. The van der Waals surface area contributed by atoms with Gasteiger partial charge in [-0.05, 0) is 56.7 Å². The Labute approximate surface area is 104 Å². The lowest BCUT2D eigenvalue weighted by atomic mass is 9.91. The van der Waals surface area contributed by atoms with Crippen molar-refractivity contribution >= 4 is 5.69 Å². The van der Waals surface area contributed by atoms with Crippen LogP contribution in [0.4, 0.5) is 5.69 Å². The van der Waals surface area contributed by atoms with Gasteiger partial charge in [-0.2, -0.15) is 0 Å². The number of rotatable bonds is 2. The van der Waals surface area contributed by atoms with Gasteiger partial charge >= 0.3 is 0 Å². The van der Waals surface area contributed by atoms with Crippen LogP contribution in [0.1, 0.15) is 36.8 Å². The van der Waals surface area contributed by atoms with Gasteiger partial charge in [-0.25, -0.2) is 0 Å². The average molecular weight is 233 g/mol. The largest absolute Gasteiger partial charge is 0.393 e. The van der Waals surface area contributed by atoms with Crippen molar-refractivity contribution in [2.45, 2.75) is 51.7 Å². The second-order valence-corrected chi connectivity index (χ2v) is 5.36. The molecule has 0 heterocycles. The van der Waals surface area contributed by atoms with E-state index in [0.29, 0.717) is 6.04 Å². The first-order valence-electron chi connectivity index (χ1n) is 6.56. The number of anilines is 1. The SMILES string of the molecule is Cc1ccc(C)c(N(C)C2CCC(O)CC2)c1. The Morgan fingerprint density at radius 3 is 2.41 bits per heavy atom. The van der Waals surface area contributed by atoms with Gasteiger partial charge in [0, 0.05) is 18.8 Å². The minimum absolute atomic E-state index is 0.0711. The van der Waals surface area contributed by atoms with Crippen LogP contribution in [0.2, 0.25) is 0 Å². The Bertz CT molecular complexity index is 381. The number of benzene rings is 1. The molecule has 17 heavy (non-hydrogen) atoms. The predicted molar refractivity (Wildman–Crippen MR) is 72.6 cm³/mol. The summed E-state index contributed by atoms with van der Waals surface area (Å²) in [4.78, 5) is 2.40. The fourth-order valence-electron chi connectivity index (χ4n) is 2.74. The third-order valence-electron chi connectivity index (χ3n) is 3.96. The smallest absolute Gasteiger partial charge is 0.0541 e. The summed E-state index contributed by atoms with van der Waals surface area (Å²) in [5.41, 5.74) is 3.99. The van der Waals surface area contributed by atoms with Crippen molar-refractivity contribution in [3.05, 3.63) is 29.3 Å². The standard InChI is InChI=1S/C15H23NO/c1-11-4-5-12(2)15(10-11)16(3)13-6-8-14(17)9-7-13/h4-5,10,13-14,17H,6-9H2,1-3H3. The van der Waals surface area contributed by atoms with Crippen LogP contribution >= 0.6 is 0 Å². The van der Waals surface area contributed by atoms with E-state index in [1.54, 1.807) is 0 Å². The molecule has 0 aliphatic heterocycles. The molecule has 1 saturated carbocycles. The number of hydrogen-bond donors (Lipinski definition) is 1. The second kappa shape index (κ2) is 5.09. The van der Waals surface area contributed by atoms with Gasteiger partial charge in [-0.1, -0.05) is 12.1 Å². The van der Waals surface area contributed by atoms with Crippen LogP contribution in [0.5, 0.6) is 0 Å². The van der Waals surface area contributed by atoms with Crippen molar-refractivity contribution in [2.24, 2.45) is 0 Å². The van der Waals surface area contributed by atoms with Crippen molar-refractivity contribution in [1.29, 1.82) is 0 Å². The van der Waals surface area contributed by atoms with Crippen LogP contribution in [-0.2, 0) is 0 Å². The molecule has 0 spiro atoms. The number of aryl methyl sites for hydroxylation is 2. The van der Waals surface area contributed by atoms with Gasteiger partial charge in [-0.15, -0.1) is 0 Å². The zero-order valence-electron chi connectivity index (χ0n) is 11.1. The zero-order valence-corrected chi connectivity index (χ0v) is 11.1. The lowest BCUT2D eigenvalue weighted by Crippen LogP contribution is -2.36. The third kappa shape index (κ3) is 2.81. The van der Waals surface area contributed by atoms with Crippen molar-refractivity contribution in [1.82, 2.24) is 0 Å². The molecule has 0 radical (unpaired) electrons. The van der Waals surface area contributed by atoms with Crippen LogP contribution < -0.4 is 4.90 Å². The van der Waals surface area contributed by atoms with E-state index in [2.05, 4.69) is 44.0 Å². The first kappa shape index (κ1) is 12.4. The summed E-state index contributed by atoms with van der Waals surface area (Å²) in [7, 11) is 2.18. The molecule has 2 nitrogen and oxygen atoms in total. The maximum absolute atomic E-state index is 9.56. The highest BCUT2D eigenvalue weighted by molar-refractivity contribution is 5.55. The summed E-state index contributed by atoms with van der Waals surface area (Å²) in [6.07, 6.45) is 4.02. The first-order valence-corrected chi connectivity index (χ1v) is 6.56. The number of nitrogens with zero attached hydrogens (tertiary/aromatic N) is 1. The van der Waals surface area contributed by atoms with Gasteiger partial charge in [-0.3, -0.25) is 0 Å². The van der Waals surface area contributed by atoms with Crippen LogP contribution in [0.3, 0.4) is 0 Å². The summed E-state index contributed by atoms with van der Waals surface area (Å²) in [6, 6.07) is 7.20. The molecule has 1 N–H and O–H groups in total. The molecule has 2 rings (SSSR count). The van der Waals surface area contributed by atoms with E-state index >= 15 is 0 Å². The quantitative estimate of drug-likeness (QED) is 0.848. The molecule has 0 aromatic heterocycles. The normalized spacial score (nSPS) is 24.7. The molecular formula is C15H23NO. The summed E-state index contributed by atoms with van der Waals surface area (Å²) < 4.78 is 0. The molecule has 0 unspecified atom stereocenters. The van der Waals surface area contributed by atoms with Gasteiger partial charge in [0.25, 0.3) is 0 Å². The second-order valence-electron chi connectivity index (χ2n) is 5.36. The predicted octanol–water partition coefficient (Wildman–Crippen LogP) is 3.04. The Morgan fingerprint density at radius 1 is 1.12 bits per heavy atom. The minimum atomic E-state index is -0.0711. The minimum Gasteiger partial charge on any atom is -0.393 e. The molecule has 1 aliphatic rings.